The molecule has 0 radical (unpaired) electrons. The fraction of sp³-hybridized carbons (Fsp3) is 0.500. The van der Waals surface area contributed by atoms with Crippen molar-refractivity contribution in [2.45, 2.75) is 33.2 Å². The third-order valence-electron chi connectivity index (χ3n) is 4.53. The molecule has 1 aromatic rings. The Kier molecular flexibility index (Phi) is 4.32. The first-order valence-corrected chi connectivity index (χ1v) is 7.26. The molecular formula is C16H22N2O3. The Morgan fingerprint density at radius 2 is 2.14 bits per heavy atom. The van der Waals surface area contributed by atoms with Gasteiger partial charge in [0.15, 0.2) is 0 Å². The van der Waals surface area contributed by atoms with E-state index in [9.17, 15) is 14.7 Å². The third kappa shape index (κ3) is 2.78. The fourth-order valence-electron chi connectivity index (χ4n) is 2.75. The van der Waals surface area contributed by atoms with Gasteiger partial charge in [0, 0.05) is 19.6 Å². The third-order valence-corrected chi connectivity index (χ3v) is 4.53. The van der Waals surface area contributed by atoms with Gasteiger partial charge >= 0.3 is 5.97 Å². The summed E-state index contributed by atoms with van der Waals surface area (Å²) in [6.07, 6.45) is 1.27. The maximum atomic E-state index is 12.6. The number of fused-ring (bicyclic) bond motifs is 1. The molecule has 21 heavy (non-hydrogen) atoms. The second kappa shape index (κ2) is 5.85. The van der Waals surface area contributed by atoms with Crippen molar-refractivity contribution in [3.63, 3.8) is 0 Å². The van der Waals surface area contributed by atoms with Crippen LogP contribution in [-0.4, -0.2) is 35.0 Å². The first-order chi connectivity index (χ1) is 9.92. The van der Waals surface area contributed by atoms with Gasteiger partial charge in [-0.1, -0.05) is 19.1 Å². The molecule has 0 aliphatic carbocycles. The van der Waals surface area contributed by atoms with Crippen LogP contribution in [0.5, 0.6) is 0 Å². The minimum absolute atomic E-state index is 0.0545. The van der Waals surface area contributed by atoms with Crippen molar-refractivity contribution >= 4 is 11.9 Å². The highest BCUT2D eigenvalue weighted by Crippen LogP contribution is 2.28. The Balaban J connectivity index is 2.26. The van der Waals surface area contributed by atoms with Gasteiger partial charge < -0.3 is 15.7 Å². The number of hydrogen-bond donors (Lipinski definition) is 2. The van der Waals surface area contributed by atoms with Crippen LogP contribution >= 0.6 is 0 Å². The molecule has 1 aromatic carbocycles. The monoisotopic (exact) mass is 290 g/mol. The molecule has 1 aliphatic rings. The maximum Gasteiger partial charge on any atom is 0.335 e. The molecule has 1 atom stereocenters. The molecule has 1 heterocycles. The second-order valence-corrected chi connectivity index (χ2v) is 5.84. The van der Waals surface area contributed by atoms with Crippen LogP contribution in [0.3, 0.4) is 0 Å². The zero-order valence-corrected chi connectivity index (χ0v) is 12.6. The maximum absolute atomic E-state index is 12.6. The summed E-state index contributed by atoms with van der Waals surface area (Å²) in [4.78, 5) is 25.7. The van der Waals surface area contributed by atoms with E-state index < -0.39 is 11.4 Å². The molecular weight excluding hydrogens is 268 g/mol. The molecule has 1 aliphatic heterocycles. The number of hydrogen-bond acceptors (Lipinski definition) is 3. The zero-order chi connectivity index (χ0) is 15.6. The molecule has 5 nitrogen and oxygen atoms in total. The highest BCUT2D eigenvalue weighted by Gasteiger charge is 2.35. The molecule has 114 valence electrons. The first-order valence-electron chi connectivity index (χ1n) is 7.26. The van der Waals surface area contributed by atoms with Gasteiger partial charge in [0.25, 0.3) is 0 Å². The van der Waals surface area contributed by atoms with Crippen molar-refractivity contribution < 1.29 is 14.7 Å². The Bertz CT molecular complexity index is 565. The van der Waals surface area contributed by atoms with Gasteiger partial charge in [0.05, 0.1) is 11.0 Å². The van der Waals surface area contributed by atoms with E-state index in [0.717, 1.165) is 11.1 Å². The van der Waals surface area contributed by atoms with Gasteiger partial charge in [0.1, 0.15) is 0 Å². The number of rotatable bonds is 4. The van der Waals surface area contributed by atoms with Crippen LogP contribution < -0.4 is 5.73 Å². The molecule has 1 amide bonds. The lowest BCUT2D eigenvalue weighted by molar-refractivity contribution is -0.142. The normalized spacial score (nSPS) is 17.0. The summed E-state index contributed by atoms with van der Waals surface area (Å²) >= 11 is 0. The molecule has 2 rings (SSSR count). The Labute approximate surface area is 124 Å². The number of carboxylic acid groups (broad SMARTS) is 1. The molecule has 5 heteroatoms. The summed E-state index contributed by atoms with van der Waals surface area (Å²) in [6, 6.07) is 5.25. The van der Waals surface area contributed by atoms with Crippen LogP contribution in [0.2, 0.25) is 0 Å². The molecule has 0 bridgehead atoms. The van der Waals surface area contributed by atoms with E-state index in [1.807, 2.05) is 19.9 Å². The predicted octanol–water partition coefficient (Wildman–Crippen LogP) is 1.64. The smallest absolute Gasteiger partial charge is 0.335 e. The number of amides is 1. The topological polar surface area (TPSA) is 83.6 Å². The van der Waals surface area contributed by atoms with E-state index in [1.165, 1.54) is 0 Å². The standard InChI is InChI=1S/C16H22N2O3/c1-3-16(2,10-17)15(21)18-8-7-12-11(9-18)5-4-6-13(12)14(19)20/h4-6H,3,7-10,17H2,1-2H3,(H,19,20). The number of nitrogens with zero attached hydrogens (tertiary/aromatic N) is 1. The lowest BCUT2D eigenvalue weighted by atomic mass is 9.84. The van der Waals surface area contributed by atoms with Crippen LogP contribution in [0, 0.1) is 5.41 Å². The average molecular weight is 290 g/mol. The van der Waals surface area contributed by atoms with E-state index in [1.54, 1.807) is 17.0 Å². The number of aromatic carboxylic acids is 1. The minimum Gasteiger partial charge on any atom is -0.478 e. The van der Waals surface area contributed by atoms with Crippen LogP contribution in [0.25, 0.3) is 0 Å². The summed E-state index contributed by atoms with van der Waals surface area (Å²) in [5.41, 5.74) is 7.33. The van der Waals surface area contributed by atoms with Crippen molar-refractivity contribution in [2.24, 2.45) is 11.1 Å². The molecule has 0 fully saturated rings. The van der Waals surface area contributed by atoms with Gasteiger partial charge in [-0.3, -0.25) is 4.79 Å². The SMILES string of the molecule is CCC(C)(CN)C(=O)N1CCc2c(cccc2C(=O)O)C1. The zero-order valence-electron chi connectivity index (χ0n) is 12.6. The van der Waals surface area contributed by atoms with Crippen molar-refractivity contribution in [3.8, 4) is 0 Å². The van der Waals surface area contributed by atoms with Crippen LogP contribution in [-0.2, 0) is 17.8 Å². The largest absolute Gasteiger partial charge is 0.478 e. The molecule has 0 saturated carbocycles. The summed E-state index contributed by atoms with van der Waals surface area (Å²) in [6.45, 7) is 5.18. The van der Waals surface area contributed by atoms with E-state index in [2.05, 4.69) is 0 Å². The summed E-state index contributed by atoms with van der Waals surface area (Å²) in [5.74, 6) is -0.856. The Morgan fingerprint density at radius 1 is 1.43 bits per heavy atom. The van der Waals surface area contributed by atoms with Crippen molar-refractivity contribution in [1.82, 2.24) is 4.90 Å². The quantitative estimate of drug-likeness (QED) is 0.883. The molecule has 0 aromatic heterocycles. The van der Waals surface area contributed by atoms with Crippen LogP contribution in [0.4, 0.5) is 0 Å². The molecule has 0 saturated heterocycles. The number of carbonyl (C=O) groups excluding carboxylic acids is 1. The lowest BCUT2D eigenvalue weighted by Crippen LogP contribution is -2.47. The van der Waals surface area contributed by atoms with Crippen LogP contribution in [0.1, 0.15) is 41.8 Å². The van der Waals surface area contributed by atoms with Gasteiger partial charge in [-0.05, 0) is 37.0 Å². The Morgan fingerprint density at radius 3 is 2.71 bits per heavy atom. The first kappa shape index (κ1) is 15.5. The van der Waals surface area contributed by atoms with Gasteiger partial charge in [-0.2, -0.15) is 0 Å². The highest BCUT2D eigenvalue weighted by molar-refractivity contribution is 5.90. The van der Waals surface area contributed by atoms with Crippen LogP contribution in [0.15, 0.2) is 18.2 Å². The highest BCUT2D eigenvalue weighted by atomic mass is 16.4. The minimum atomic E-state index is -0.910. The van der Waals surface area contributed by atoms with Gasteiger partial charge in [-0.15, -0.1) is 0 Å². The van der Waals surface area contributed by atoms with E-state index in [-0.39, 0.29) is 5.91 Å². The number of carbonyl (C=O) groups is 2. The second-order valence-electron chi connectivity index (χ2n) is 5.84. The lowest BCUT2D eigenvalue weighted by Gasteiger charge is -2.36. The average Bonchev–Trinajstić information content (AvgIpc) is 2.52. The van der Waals surface area contributed by atoms with Crippen molar-refractivity contribution in [3.05, 3.63) is 34.9 Å². The fourth-order valence-corrected chi connectivity index (χ4v) is 2.75. The summed E-state index contributed by atoms with van der Waals surface area (Å²) in [7, 11) is 0. The Hall–Kier alpha value is -1.88. The predicted molar refractivity (Wildman–Crippen MR) is 80.0 cm³/mol. The number of benzene rings is 1. The van der Waals surface area contributed by atoms with E-state index >= 15 is 0 Å². The molecule has 3 N–H and O–H groups in total. The summed E-state index contributed by atoms with van der Waals surface area (Å²) < 4.78 is 0. The van der Waals surface area contributed by atoms with Crippen molar-refractivity contribution in [1.29, 1.82) is 0 Å². The number of carboxylic acids is 1. The summed E-state index contributed by atoms with van der Waals surface area (Å²) in [5, 5.41) is 9.22. The number of nitrogens with two attached hydrogens (primary N) is 1. The van der Waals surface area contributed by atoms with Gasteiger partial charge in [0.2, 0.25) is 5.91 Å². The molecule has 1 unspecified atom stereocenters. The van der Waals surface area contributed by atoms with E-state index in [0.29, 0.717) is 38.0 Å². The molecule has 0 spiro atoms. The van der Waals surface area contributed by atoms with Crippen molar-refractivity contribution in [2.75, 3.05) is 13.1 Å². The van der Waals surface area contributed by atoms with Gasteiger partial charge in [-0.25, -0.2) is 4.79 Å². The van der Waals surface area contributed by atoms with E-state index in [4.69, 9.17) is 5.73 Å².